The molecule has 4 nitrogen and oxygen atoms in total. The van der Waals surface area contributed by atoms with Gasteiger partial charge in [0.05, 0.1) is 11.5 Å². The van der Waals surface area contributed by atoms with E-state index in [-0.39, 0.29) is 35.6 Å². The second-order valence-corrected chi connectivity index (χ2v) is 6.16. The quantitative estimate of drug-likeness (QED) is 0.775. The van der Waals surface area contributed by atoms with E-state index in [1.807, 2.05) is 13.8 Å². The summed E-state index contributed by atoms with van der Waals surface area (Å²) < 4.78 is 12.9. The molecule has 22 heavy (non-hydrogen) atoms. The number of amides is 1. The minimum atomic E-state index is -0.713. The number of carbonyl (C=O) groups is 1. The van der Waals surface area contributed by atoms with E-state index >= 15 is 0 Å². The maximum absolute atomic E-state index is 12.9. The lowest BCUT2D eigenvalue weighted by molar-refractivity contribution is -0.130. The average molecular weight is 331 g/mol. The van der Waals surface area contributed by atoms with E-state index in [1.54, 1.807) is 12.1 Å². The summed E-state index contributed by atoms with van der Waals surface area (Å²) in [6.45, 7) is 5.37. The van der Waals surface area contributed by atoms with Crippen molar-refractivity contribution in [1.29, 1.82) is 0 Å². The number of benzene rings is 1. The molecule has 0 radical (unpaired) electrons. The zero-order valence-electron chi connectivity index (χ0n) is 12.9. The van der Waals surface area contributed by atoms with Gasteiger partial charge >= 0.3 is 0 Å². The van der Waals surface area contributed by atoms with Crippen molar-refractivity contribution in [2.45, 2.75) is 38.8 Å². The first-order valence-corrected chi connectivity index (χ1v) is 7.36. The molecule has 2 rings (SSSR count). The van der Waals surface area contributed by atoms with Crippen molar-refractivity contribution in [1.82, 2.24) is 10.6 Å². The Labute approximate surface area is 136 Å². The summed E-state index contributed by atoms with van der Waals surface area (Å²) in [5.74, 6) is -0.305. The fourth-order valence-electron chi connectivity index (χ4n) is 2.62. The van der Waals surface area contributed by atoms with Crippen molar-refractivity contribution >= 4 is 18.3 Å². The molecule has 0 aliphatic carbocycles. The normalized spacial score (nSPS) is 23.5. The molecule has 3 unspecified atom stereocenters. The third-order valence-corrected chi connectivity index (χ3v) is 4.13. The molecule has 0 saturated carbocycles. The van der Waals surface area contributed by atoms with Crippen molar-refractivity contribution in [3.63, 3.8) is 0 Å². The highest BCUT2D eigenvalue weighted by atomic mass is 35.5. The van der Waals surface area contributed by atoms with Crippen molar-refractivity contribution in [3.05, 3.63) is 35.6 Å². The van der Waals surface area contributed by atoms with Gasteiger partial charge in [0.25, 0.3) is 0 Å². The Bertz CT molecular complexity index is 489. The van der Waals surface area contributed by atoms with Crippen LogP contribution in [0.1, 0.15) is 38.4 Å². The van der Waals surface area contributed by atoms with Crippen molar-refractivity contribution < 1.29 is 14.3 Å². The van der Waals surface area contributed by atoms with E-state index in [2.05, 4.69) is 10.6 Å². The number of nitrogens with one attached hydrogen (secondary N) is 2. The summed E-state index contributed by atoms with van der Waals surface area (Å²) in [6, 6.07) is 5.64. The van der Waals surface area contributed by atoms with Gasteiger partial charge in [0.15, 0.2) is 0 Å². The molecular weight excluding hydrogens is 307 g/mol. The molecule has 3 atom stereocenters. The van der Waals surface area contributed by atoms with Gasteiger partial charge in [-0.25, -0.2) is 4.39 Å². The van der Waals surface area contributed by atoms with Gasteiger partial charge in [-0.05, 0) is 50.9 Å². The van der Waals surface area contributed by atoms with Crippen LogP contribution in [0.3, 0.4) is 0 Å². The van der Waals surface area contributed by atoms with Crippen LogP contribution >= 0.6 is 12.4 Å². The Hall–Kier alpha value is -1.17. The number of carbonyl (C=O) groups excluding carboxylic acids is 1. The largest absolute Gasteiger partial charge is 0.388 e. The molecule has 1 fully saturated rings. The molecule has 6 heteroatoms. The van der Waals surface area contributed by atoms with Crippen LogP contribution in [-0.2, 0) is 4.79 Å². The molecule has 0 aromatic heterocycles. The highest BCUT2D eigenvalue weighted by Gasteiger charge is 2.36. The van der Waals surface area contributed by atoms with E-state index in [0.717, 1.165) is 13.0 Å². The number of hydrogen-bond acceptors (Lipinski definition) is 3. The molecule has 3 N–H and O–H groups in total. The number of aliphatic hydroxyl groups excluding tert-OH is 1. The van der Waals surface area contributed by atoms with Crippen LogP contribution in [0.2, 0.25) is 0 Å². The number of rotatable bonds is 5. The Balaban J connectivity index is 0.00000242. The van der Waals surface area contributed by atoms with Crippen LogP contribution in [0.4, 0.5) is 4.39 Å². The van der Waals surface area contributed by atoms with Crippen LogP contribution in [0.15, 0.2) is 24.3 Å². The third kappa shape index (κ3) is 4.66. The summed E-state index contributed by atoms with van der Waals surface area (Å²) in [7, 11) is 0. The molecule has 1 saturated heterocycles. The molecule has 1 aliphatic heterocycles. The fourth-order valence-corrected chi connectivity index (χ4v) is 2.62. The fraction of sp³-hybridized carbons (Fsp3) is 0.562. The Kier molecular flexibility index (Phi) is 6.78. The Morgan fingerprint density at radius 3 is 2.64 bits per heavy atom. The predicted molar refractivity (Wildman–Crippen MR) is 86.4 cm³/mol. The van der Waals surface area contributed by atoms with Gasteiger partial charge in [-0.1, -0.05) is 12.1 Å². The summed E-state index contributed by atoms with van der Waals surface area (Å²) in [5, 5.41) is 16.3. The van der Waals surface area contributed by atoms with E-state index < -0.39 is 6.10 Å². The molecular formula is C16H24ClFN2O2. The SMILES string of the molecule is CC(CC(O)c1ccc(F)cc1)NC(=O)C1(C)CCNC1.Cl. The lowest BCUT2D eigenvalue weighted by Crippen LogP contribution is -2.44. The molecule has 1 heterocycles. The summed E-state index contributed by atoms with van der Waals surface area (Å²) in [5.41, 5.74) is 0.293. The number of halogens is 2. The highest BCUT2D eigenvalue weighted by Crippen LogP contribution is 2.25. The van der Waals surface area contributed by atoms with Crippen molar-refractivity contribution in [2.75, 3.05) is 13.1 Å². The van der Waals surface area contributed by atoms with Crippen LogP contribution in [0.25, 0.3) is 0 Å². The zero-order chi connectivity index (χ0) is 15.5. The minimum absolute atomic E-state index is 0. The highest BCUT2D eigenvalue weighted by molar-refractivity contribution is 5.85. The standard InChI is InChI=1S/C16H23FN2O2.ClH/c1-11(19-15(21)16(2)7-8-18-10-16)9-14(20)12-3-5-13(17)6-4-12;/h3-6,11,14,18,20H,7-10H2,1-2H3,(H,19,21);1H. The molecule has 124 valence electrons. The van der Waals surface area contributed by atoms with Crippen molar-refractivity contribution in [3.8, 4) is 0 Å². The second-order valence-electron chi connectivity index (χ2n) is 6.16. The Morgan fingerprint density at radius 2 is 2.09 bits per heavy atom. The predicted octanol–water partition coefficient (Wildman–Crippen LogP) is 2.18. The van der Waals surface area contributed by atoms with Gasteiger partial charge in [-0.3, -0.25) is 4.79 Å². The van der Waals surface area contributed by atoms with Crippen LogP contribution in [0.5, 0.6) is 0 Å². The maximum Gasteiger partial charge on any atom is 0.227 e. The summed E-state index contributed by atoms with van der Waals surface area (Å²) >= 11 is 0. The summed E-state index contributed by atoms with van der Waals surface area (Å²) in [4.78, 5) is 12.3. The first kappa shape index (κ1) is 18.9. The second kappa shape index (κ2) is 7.90. The first-order chi connectivity index (χ1) is 9.90. The monoisotopic (exact) mass is 330 g/mol. The number of aliphatic hydroxyl groups is 1. The van der Waals surface area contributed by atoms with Crippen molar-refractivity contribution in [2.24, 2.45) is 5.41 Å². The molecule has 1 aromatic rings. The van der Waals surface area contributed by atoms with Crippen LogP contribution < -0.4 is 10.6 Å². The molecule has 1 aromatic carbocycles. The molecule has 0 bridgehead atoms. The molecule has 0 spiro atoms. The Morgan fingerprint density at radius 1 is 1.45 bits per heavy atom. The zero-order valence-corrected chi connectivity index (χ0v) is 13.8. The van der Waals surface area contributed by atoms with Gasteiger partial charge in [0.1, 0.15) is 5.82 Å². The third-order valence-electron chi connectivity index (χ3n) is 4.13. The van der Waals surface area contributed by atoms with E-state index in [9.17, 15) is 14.3 Å². The lowest BCUT2D eigenvalue weighted by atomic mass is 9.88. The minimum Gasteiger partial charge on any atom is -0.388 e. The van der Waals surface area contributed by atoms with E-state index in [1.165, 1.54) is 12.1 Å². The van der Waals surface area contributed by atoms with Gasteiger partial charge in [-0.2, -0.15) is 0 Å². The van der Waals surface area contributed by atoms with Crippen LogP contribution in [0, 0.1) is 11.2 Å². The summed E-state index contributed by atoms with van der Waals surface area (Å²) in [6.07, 6.45) is 0.517. The van der Waals surface area contributed by atoms with E-state index in [0.29, 0.717) is 18.5 Å². The molecule has 1 amide bonds. The van der Waals surface area contributed by atoms with E-state index in [4.69, 9.17) is 0 Å². The lowest BCUT2D eigenvalue weighted by Gasteiger charge is -2.25. The topological polar surface area (TPSA) is 61.4 Å². The van der Waals surface area contributed by atoms with Gasteiger partial charge in [-0.15, -0.1) is 12.4 Å². The van der Waals surface area contributed by atoms with Crippen LogP contribution in [-0.4, -0.2) is 30.1 Å². The average Bonchev–Trinajstić information content (AvgIpc) is 2.87. The van der Waals surface area contributed by atoms with Gasteiger partial charge in [0.2, 0.25) is 5.91 Å². The smallest absolute Gasteiger partial charge is 0.227 e. The maximum atomic E-state index is 12.9. The van der Waals surface area contributed by atoms with Gasteiger partial charge < -0.3 is 15.7 Å². The first-order valence-electron chi connectivity index (χ1n) is 7.36. The molecule has 1 aliphatic rings. The number of hydrogen-bond donors (Lipinski definition) is 3. The van der Waals surface area contributed by atoms with Gasteiger partial charge in [0, 0.05) is 12.6 Å².